The fourth-order valence-electron chi connectivity index (χ4n) is 4.76. The molecule has 0 aromatic heterocycles. The van der Waals surface area contributed by atoms with E-state index in [1.807, 2.05) is 36.4 Å². The maximum atomic E-state index is 10.5. The Bertz CT molecular complexity index is 895. The molecule has 1 aliphatic rings. The Balaban J connectivity index is 0.00000256. The minimum atomic E-state index is -0.594. The molecule has 0 bridgehead atoms. The van der Waals surface area contributed by atoms with Crippen LogP contribution in [0.15, 0.2) is 91.0 Å². The van der Waals surface area contributed by atoms with Gasteiger partial charge in [0.25, 0.3) is 0 Å². The van der Waals surface area contributed by atoms with Crippen LogP contribution in [-0.4, -0.2) is 18.0 Å². The van der Waals surface area contributed by atoms with Gasteiger partial charge in [-0.15, -0.1) is 12.4 Å². The molecule has 3 aromatic rings. The van der Waals surface area contributed by atoms with Gasteiger partial charge in [0.1, 0.15) is 5.41 Å². The Kier molecular flexibility index (Phi) is 7.69. The molecule has 0 radical (unpaired) electrons. The SMILES string of the molecule is Cl.N#CC(CC1CCCN(Cc2ccccc2)C1)(c1ccccc1)c1ccccc1. The molecule has 1 aliphatic heterocycles. The molecular formula is C27H29ClN2. The van der Waals surface area contributed by atoms with Gasteiger partial charge >= 0.3 is 0 Å². The highest BCUT2D eigenvalue weighted by molar-refractivity contribution is 5.85. The summed E-state index contributed by atoms with van der Waals surface area (Å²) in [7, 11) is 0. The lowest BCUT2D eigenvalue weighted by atomic mass is 9.69. The number of benzene rings is 3. The van der Waals surface area contributed by atoms with Crippen molar-refractivity contribution in [1.29, 1.82) is 5.26 Å². The quantitative estimate of drug-likeness (QED) is 0.476. The summed E-state index contributed by atoms with van der Waals surface area (Å²) in [6.45, 7) is 3.19. The van der Waals surface area contributed by atoms with E-state index in [4.69, 9.17) is 0 Å². The third kappa shape index (κ3) is 4.93. The van der Waals surface area contributed by atoms with E-state index in [9.17, 15) is 5.26 Å². The highest BCUT2D eigenvalue weighted by Crippen LogP contribution is 2.40. The molecule has 0 amide bonds. The van der Waals surface area contributed by atoms with Crippen LogP contribution < -0.4 is 0 Å². The molecule has 154 valence electrons. The second-order valence-corrected chi connectivity index (χ2v) is 8.18. The number of piperidine rings is 1. The van der Waals surface area contributed by atoms with E-state index in [1.165, 1.54) is 18.4 Å². The molecule has 1 heterocycles. The van der Waals surface area contributed by atoms with Gasteiger partial charge in [0.2, 0.25) is 0 Å². The van der Waals surface area contributed by atoms with Crippen LogP contribution >= 0.6 is 12.4 Å². The Morgan fingerprint density at radius 2 is 1.37 bits per heavy atom. The van der Waals surface area contributed by atoms with Crippen molar-refractivity contribution in [2.24, 2.45) is 5.92 Å². The maximum absolute atomic E-state index is 10.5. The third-order valence-corrected chi connectivity index (χ3v) is 6.17. The predicted molar refractivity (Wildman–Crippen MR) is 126 cm³/mol. The zero-order valence-electron chi connectivity index (χ0n) is 17.3. The Morgan fingerprint density at radius 3 is 1.90 bits per heavy atom. The molecule has 0 saturated carbocycles. The standard InChI is InChI=1S/C27H28N2.ClH/c28-22-27(25-14-6-2-7-15-25,26-16-8-3-9-17-26)19-24-13-10-18-29(21-24)20-23-11-4-1-5-12-23;/h1-9,11-12,14-17,24H,10,13,18-21H2;1H. The Morgan fingerprint density at radius 1 is 0.833 bits per heavy atom. The zero-order valence-corrected chi connectivity index (χ0v) is 18.1. The van der Waals surface area contributed by atoms with Crippen LogP contribution in [0.5, 0.6) is 0 Å². The largest absolute Gasteiger partial charge is 0.299 e. The maximum Gasteiger partial charge on any atom is 0.107 e. The van der Waals surface area contributed by atoms with E-state index in [-0.39, 0.29) is 12.4 Å². The fourth-order valence-corrected chi connectivity index (χ4v) is 4.76. The number of halogens is 1. The van der Waals surface area contributed by atoms with E-state index in [0.29, 0.717) is 5.92 Å². The monoisotopic (exact) mass is 416 g/mol. The van der Waals surface area contributed by atoms with E-state index < -0.39 is 5.41 Å². The van der Waals surface area contributed by atoms with Gasteiger partial charge < -0.3 is 0 Å². The molecule has 2 nitrogen and oxygen atoms in total. The van der Waals surface area contributed by atoms with Crippen LogP contribution in [0.1, 0.15) is 36.0 Å². The number of hydrogen-bond donors (Lipinski definition) is 0. The van der Waals surface area contributed by atoms with E-state index in [0.717, 1.165) is 37.2 Å². The molecule has 30 heavy (non-hydrogen) atoms. The molecule has 3 heteroatoms. The summed E-state index contributed by atoms with van der Waals surface area (Å²) in [6.07, 6.45) is 3.25. The lowest BCUT2D eigenvalue weighted by molar-refractivity contribution is 0.153. The van der Waals surface area contributed by atoms with Gasteiger partial charge in [0.05, 0.1) is 6.07 Å². The molecule has 1 saturated heterocycles. The number of rotatable bonds is 6. The van der Waals surface area contributed by atoms with Crippen molar-refractivity contribution in [3.8, 4) is 6.07 Å². The van der Waals surface area contributed by atoms with E-state index in [1.54, 1.807) is 0 Å². The Hall–Kier alpha value is -2.60. The van der Waals surface area contributed by atoms with Gasteiger partial charge in [0, 0.05) is 13.1 Å². The molecule has 0 spiro atoms. The van der Waals surface area contributed by atoms with Gasteiger partial charge in [-0.3, -0.25) is 4.90 Å². The zero-order chi connectivity index (χ0) is 19.9. The molecule has 0 N–H and O–H groups in total. The summed E-state index contributed by atoms with van der Waals surface area (Å²) in [5.74, 6) is 0.507. The summed E-state index contributed by atoms with van der Waals surface area (Å²) < 4.78 is 0. The average Bonchev–Trinajstić information content (AvgIpc) is 2.80. The van der Waals surface area contributed by atoms with E-state index in [2.05, 4.69) is 65.6 Å². The highest BCUT2D eigenvalue weighted by atomic mass is 35.5. The summed E-state index contributed by atoms with van der Waals surface area (Å²) in [4.78, 5) is 2.56. The predicted octanol–water partition coefficient (Wildman–Crippen LogP) is 6.22. The normalized spacial score (nSPS) is 17.0. The summed E-state index contributed by atoms with van der Waals surface area (Å²) in [6, 6.07) is 34.1. The van der Waals surface area contributed by atoms with Crippen LogP contribution in [0.4, 0.5) is 0 Å². The van der Waals surface area contributed by atoms with Crippen LogP contribution in [0, 0.1) is 17.2 Å². The molecule has 1 atom stereocenters. The summed E-state index contributed by atoms with van der Waals surface area (Å²) in [5, 5.41) is 10.5. The van der Waals surface area contributed by atoms with Crippen molar-refractivity contribution in [2.75, 3.05) is 13.1 Å². The van der Waals surface area contributed by atoms with Crippen molar-refractivity contribution in [2.45, 2.75) is 31.2 Å². The van der Waals surface area contributed by atoms with E-state index >= 15 is 0 Å². The van der Waals surface area contributed by atoms with Crippen molar-refractivity contribution in [1.82, 2.24) is 4.90 Å². The lowest BCUT2D eigenvalue weighted by Gasteiger charge is -2.38. The molecule has 4 rings (SSSR count). The van der Waals surface area contributed by atoms with Crippen LogP contribution in [0.2, 0.25) is 0 Å². The minimum Gasteiger partial charge on any atom is -0.299 e. The minimum absolute atomic E-state index is 0. The first-order valence-corrected chi connectivity index (χ1v) is 10.6. The molecular weight excluding hydrogens is 388 g/mol. The second kappa shape index (κ2) is 10.4. The molecule has 3 aromatic carbocycles. The number of nitrogens with zero attached hydrogens (tertiary/aromatic N) is 2. The first-order chi connectivity index (χ1) is 14.3. The van der Waals surface area contributed by atoms with Crippen molar-refractivity contribution < 1.29 is 0 Å². The van der Waals surface area contributed by atoms with Crippen LogP contribution in [-0.2, 0) is 12.0 Å². The van der Waals surface area contributed by atoms with Gasteiger partial charge in [-0.2, -0.15) is 5.26 Å². The molecule has 0 aliphatic carbocycles. The fraction of sp³-hybridized carbons (Fsp3) is 0.296. The summed E-state index contributed by atoms with van der Waals surface area (Å²) in [5.41, 5.74) is 2.98. The van der Waals surface area contributed by atoms with Crippen molar-refractivity contribution in [3.63, 3.8) is 0 Å². The number of likely N-dealkylation sites (tertiary alicyclic amines) is 1. The molecule has 1 unspecified atom stereocenters. The lowest BCUT2D eigenvalue weighted by Crippen LogP contribution is -2.39. The smallest absolute Gasteiger partial charge is 0.107 e. The third-order valence-electron chi connectivity index (χ3n) is 6.17. The highest BCUT2D eigenvalue weighted by Gasteiger charge is 2.38. The topological polar surface area (TPSA) is 27.0 Å². The Labute approximate surface area is 186 Å². The molecule has 1 fully saturated rings. The first-order valence-electron chi connectivity index (χ1n) is 10.6. The van der Waals surface area contributed by atoms with Crippen molar-refractivity contribution >= 4 is 12.4 Å². The average molecular weight is 417 g/mol. The van der Waals surface area contributed by atoms with Gasteiger partial charge in [0.15, 0.2) is 0 Å². The second-order valence-electron chi connectivity index (χ2n) is 8.18. The summed E-state index contributed by atoms with van der Waals surface area (Å²) >= 11 is 0. The van der Waals surface area contributed by atoms with Gasteiger partial charge in [-0.05, 0) is 48.4 Å². The van der Waals surface area contributed by atoms with Gasteiger partial charge in [-0.25, -0.2) is 0 Å². The van der Waals surface area contributed by atoms with Crippen LogP contribution in [0.25, 0.3) is 0 Å². The number of hydrogen-bond acceptors (Lipinski definition) is 2. The van der Waals surface area contributed by atoms with Crippen molar-refractivity contribution in [3.05, 3.63) is 108 Å². The van der Waals surface area contributed by atoms with Crippen LogP contribution in [0.3, 0.4) is 0 Å². The first kappa shape index (κ1) is 22.1. The number of nitriles is 1. The van der Waals surface area contributed by atoms with Gasteiger partial charge in [-0.1, -0.05) is 91.0 Å².